The van der Waals surface area contributed by atoms with Crippen LogP contribution in [0.5, 0.6) is 0 Å². The smallest absolute Gasteiger partial charge is 0.658 e. The number of hydrogen-bond acceptors (Lipinski definition) is 1. The minimum atomic E-state index is 0. The molecule has 3 heteroatoms. The molecule has 1 heterocycles. The van der Waals surface area contributed by atoms with E-state index in [2.05, 4.69) is 5.32 Å². The zero-order valence-electron chi connectivity index (χ0n) is 9.47. The van der Waals surface area contributed by atoms with Crippen LogP contribution in [0.1, 0.15) is 44.9 Å². The van der Waals surface area contributed by atoms with E-state index in [4.69, 9.17) is 5.32 Å². The van der Waals surface area contributed by atoms with E-state index >= 15 is 0 Å². The summed E-state index contributed by atoms with van der Waals surface area (Å²) in [5, 5.41) is 8.33. The summed E-state index contributed by atoms with van der Waals surface area (Å²) in [7, 11) is 0. The van der Waals surface area contributed by atoms with Crippen molar-refractivity contribution in [1.29, 1.82) is 0 Å². The second-order valence-corrected chi connectivity index (χ2v) is 4.45. The molecule has 1 atom stereocenters. The van der Waals surface area contributed by atoms with E-state index in [9.17, 15) is 0 Å². The number of piperidine rings is 1. The van der Waals surface area contributed by atoms with E-state index in [-0.39, 0.29) is 51.4 Å². The van der Waals surface area contributed by atoms with Crippen LogP contribution in [0, 0.1) is 0 Å². The Bertz CT molecular complexity index is 140. The maximum Gasteiger partial charge on any atom is 1.00 e. The van der Waals surface area contributed by atoms with Crippen LogP contribution in [0.3, 0.4) is 0 Å². The molecule has 14 heavy (non-hydrogen) atoms. The fourth-order valence-electron chi connectivity index (χ4n) is 2.44. The van der Waals surface area contributed by atoms with Crippen molar-refractivity contribution in [2.24, 2.45) is 0 Å². The van der Waals surface area contributed by atoms with Crippen LogP contribution < -0.4 is 56.7 Å². The van der Waals surface area contributed by atoms with Crippen LogP contribution in [0.25, 0.3) is 5.32 Å². The van der Waals surface area contributed by atoms with E-state index in [1.54, 1.807) is 0 Å². The average molecular weight is 220 g/mol. The minimum absolute atomic E-state index is 0. The van der Waals surface area contributed by atoms with Crippen LogP contribution >= 0.6 is 0 Å². The van der Waals surface area contributed by atoms with Crippen LogP contribution in [0.15, 0.2) is 0 Å². The van der Waals surface area contributed by atoms with Gasteiger partial charge in [-0.1, -0.05) is 32.1 Å². The van der Waals surface area contributed by atoms with Gasteiger partial charge in [-0.15, -0.1) is 12.6 Å². The molecule has 2 fully saturated rings. The molecule has 0 amide bonds. The number of nitrogens with zero attached hydrogens (tertiary/aromatic N) is 1. The Morgan fingerprint density at radius 3 is 2.36 bits per heavy atom. The first-order valence-electron chi connectivity index (χ1n) is 5.85. The molecular weight excluding hydrogens is 199 g/mol. The SMILES string of the molecule is C1CCC(C[N-]C2CCCC2)NC1.[K+]. The standard InChI is InChI=1S/C11H21N2.K/c1-2-6-10(5-1)13-9-11-7-3-4-8-12-11;/h10-12H,1-9H2;/q-1;+1. The van der Waals surface area contributed by atoms with E-state index in [1.165, 1.54) is 51.5 Å². The fourth-order valence-corrected chi connectivity index (χ4v) is 2.44. The monoisotopic (exact) mass is 220 g/mol. The summed E-state index contributed by atoms with van der Waals surface area (Å²) in [5.41, 5.74) is 0. The van der Waals surface area contributed by atoms with Crippen molar-refractivity contribution in [3.8, 4) is 0 Å². The Kier molecular flexibility index (Phi) is 7.56. The molecule has 0 spiro atoms. The zero-order valence-corrected chi connectivity index (χ0v) is 12.6. The topological polar surface area (TPSA) is 26.1 Å². The molecule has 1 aliphatic heterocycles. The van der Waals surface area contributed by atoms with Gasteiger partial charge < -0.3 is 10.6 Å². The first-order chi connectivity index (χ1) is 6.45. The Morgan fingerprint density at radius 1 is 1.00 bits per heavy atom. The van der Waals surface area contributed by atoms with Crippen molar-refractivity contribution < 1.29 is 51.4 Å². The summed E-state index contributed by atoms with van der Waals surface area (Å²) in [6, 6.07) is 1.41. The third-order valence-corrected chi connectivity index (χ3v) is 3.32. The quantitative estimate of drug-likeness (QED) is 0.635. The van der Waals surface area contributed by atoms with Crippen molar-refractivity contribution in [1.82, 2.24) is 5.32 Å². The first kappa shape index (κ1) is 13.6. The third-order valence-electron chi connectivity index (χ3n) is 3.32. The molecule has 2 aliphatic rings. The molecule has 1 unspecified atom stereocenters. The maximum atomic E-state index is 4.78. The molecule has 2 nitrogen and oxygen atoms in total. The fraction of sp³-hybridized carbons (Fsp3) is 1.00. The van der Waals surface area contributed by atoms with Gasteiger partial charge in [-0.25, -0.2) is 0 Å². The number of hydrogen-bond donors (Lipinski definition) is 1. The molecule has 1 saturated heterocycles. The number of rotatable bonds is 3. The molecule has 0 bridgehead atoms. The van der Waals surface area contributed by atoms with Gasteiger partial charge in [0.15, 0.2) is 0 Å². The van der Waals surface area contributed by atoms with Crippen molar-refractivity contribution >= 4 is 0 Å². The summed E-state index contributed by atoms with van der Waals surface area (Å²) < 4.78 is 0. The summed E-state index contributed by atoms with van der Waals surface area (Å²) in [6.45, 7) is 2.29. The Labute approximate surface area is 130 Å². The number of nitrogens with one attached hydrogen (secondary N) is 1. The van der Waals surface area contributed by atoms with Gasteiger partial charge in [-0.2, -0.15) is 0 Å². The Balaban J connectivity index is 0.000000980. The summed E-state index contributed by atoms with van der Waals surface area (Å²) >= 11 is 0. The molecule has 0 aromatic carbocycles. The van der Waals surface area contributed by atoms with Crippen LogP contribution in [0.2, 0.25) is 0 Å². The van der Waals surface area contributed by atoms with Gasteiger partial charge >= 0.3 is 51.4 Å². The molecular formula is C11H21KN2. The molecule has 1 saturated carbocycles. The molecule has 2 rings (SSSR count). The first-order valence-corrected chi connectivity index (χ1v) is 5.85. The average Bonchev–Trinajstić information content (AvgIpc) is 2.69. The van der Waals surface area contributed by atoms with E-state index < -0.39 is 0 Å². The predicted molar refractivity (Wildman–Crippen MR) is 56.1 cm³/mol. The van der Waals surface area contributed by atoms with Crippen LogP contribution in [0.4, 0.5) is 0 Å². The van der Waals surface area contributed by atoms with Crippen LogP contribution in [-0.2, 0) is 0 Å². The van der Waals surface area contributed by atoms with Crippen molar-refractivity contribution in [2.75, 3.05) is 13.1 Å². The van der Waals surface area contributed by atoms with E-state index in [0.29, 0.717) is 12.1 Å². The molecule has 0 aromatic heterocycles. The van der Waals surface area contributed by atoms with E-state index in [1.807, 2.05) is 0 Å². The van der Waals surface area contributed by atoms with Crippen molar-refractivity contribution in [3.63, 3.8) is 0 Å². The summed E-state index contributed by atoms with van der Waals surface area (Å²) in [5.74, 6) is 0. The van der Waals surface area contributed by atoms with Crippen molar-refractivity contribution in [2.45, 2.75) is 57.0 Å². The van der Waals surface area contributed by atoms with Gasteiger partial charge in [0.1, 0.15) is 0 Å². The second kappa shape index (κ2) is 7.77. The van der Waals surface area contributed by atoms with Gasteiger partial charge in [-0.05, 0) is 25.4 Å². The molecule has 76 valence electrons. The van der Waals surface area contributed by atoms with Gasteiger partial charge in [-0.3, -0.25) is 0 Å². The van der Waals surface area contributed by atoms with Gasteiger partial charge in [0.25, 0.3) is 0 Å². The predicted octanol–water partition coefficient (Wildman–Crippen LogP) is -0.551. The maximum absolute atomic E-state index is 4.78. The Morgan fingerprint density at radius 2 is 1.71 bits per heavy atom. The minimum Gasteiger partial charge on any atom is -0.658 e. The molecule has 0 radical (unpaired) electrons. The van der Waals surface area contributed by atoms with Gasteiger partial charge in [0.05, 0.1) is 0 Å². The van der Waals surface area contributed by atoms with E-state index in [0.717, 1.165) is 6.54 Å². The van der Waals surface area contributed by atoms with Crippen LogP contribution in [-0.4, -0.2) is 25.2 Å². The molecule has 1 aliphatic carbocycles. The van der Waals surface area contributed by atoms with Crippen molar-refractivity contribution in [3.05, 3.63) is 5.32 Å². The normalized spacial score (nSPS) is 28.7. The molecule has 0 aromatic rings. The van der Waals surface area contributed by atoms with Gasteiger partial charge in [0, 0.05) is 0 Å². The van der Waals surface area contributed by atoms with Gasteiger partial charge in [0.2, 0.25) is 0 Å². The second-order valence-electron chi connectivity index (χ2n) is 4.45. The summed E-state index contributed by atoms with van der Waals surface area (Å²) in [6.07, 6.45) is 9.63. The third kappa shape index (κ3) is 4.60. The molecule has 1 N–H and O–H groups in total. The Hall–Kier alpha value is 1.56. The summed E-state index contributed by atoms with van der Waals surface area (Å²) in [4.78, 5) is 0. The largest absolute Gasteiger partial charge is 1.00 e. The zero-order chi connectivity index (χ0) is 8.93.